The summed E-state index contributed by atoms with van der Waals surface area (Å²) in [5, 5.41) is 25.5. The minimum atomic E-state index is -1.50. The number of aliphatic carboxylic acids is 1. The average Bonchev–Trinajstić information content (AvgIpc) is 2.71. The topological polar surface area (TPSA) is 235 Å². The number of rotatable bonds is 15. The highest BCUT2D eigenvalue weighted by Crippen LogP contribution is 2.09. The molecular weight excluding hydrogens is 434 g/mol. The number of aliphatic imine (C=N–C) groups is 1. The summed E-state index contributed by atoms with van der Waals surface area (Å²) in [7, 11) is 0. The van der Waals surface area contributed by atoms with Gasteiger partial charge < -0.3 is 43.4 Å². The van der Waals surface area contributed by atoms with E-state index in [2.05, 4.69) is 20.9 Å². The van der Waals surface area contributed by atoms with Crippen molar-refractivity contribution in [2.75, 3.05) is 13.2 Å². The molecule has 3 amide bonds. The molecule has 0 aromatic rings. The molecule has 0 aliphatic rings. The fourth-order valence-electron chi connectivity index (χ4n) is 2.87. The number of hydrogen-bond acceptors (Lipinski definition) is 7. The van der Waals surface area contributed by atoms with Gasteiger partial charge in [0.1, 0.15) is 18.1 Å². The van der Waals surface area contributed by atoms with Crippen LogP contribution in [0.5, 0.6) is 0 Å². The fourth-order valence-corrected chi connectivity index (χ4v) is 2.87. The Labute approximate surface area is 193 Å². The molecule has 0 rings (SSSR count). The average molecular weight is 474 g/mol. The maximum absolute atomic E-state index is 12.9. The molecule has 0 bridgehead atoms. The van der Waals surface area contributed by atoms with Crippen molar-refractivity contribution in [2.45, 2.75) is 71.1 Å². The zero-order valence-corrected chi connectivity index (χ0v) is 19.7. The molecule has 0 fully saturated rings. The number of carbonyl (C=O) groups is 4. The van der Waals surface area contributed by atoms with Crippen LogP contribution in [0.2, 0.25) is 0 Å². The number of carboxylic acid groups (broad SMARTS) is 1. The van der Waals surface area contributed by atoms with E-state index in [9.17, 15) is 19.2 Å². The molecule has 13 heteroatoms. The second-order valence-electron chi connectivity index (χ2n) is 8.56. The van der Waals surface area contributed by atoms with Crippen molar-refractivity contribution in [2.24, 2.45) is 34.0 Å². The van der Waals surface area contributed by atoms with Crippen LogP contribution < -0.4 is 33.2 Å². The van der Waals surface area contributed by atoms with Crippen LogP contribution in [-0.4, -0.2) is 77.2 Å². The first kappa shape index (κ1) is 30.1. The Hall–Kier alpha value is -2.93. The smallest absolute Gasteiger partial charge is 0.328 e. The molecule has 0 spiro atoms. The quantitative estimate of drug-likeness (QED) is 0.0717. The molecule has 4 atom stereocenters. The van der Waals surface area contributed by atoms with Gasteiger partial charge in [-0.1, -0.05) is 27.7 Å². The Bertz CT molecular complexity index is 694. The first-order chi connectivity index (χ1) is 15.3. The maximum Gasteiger partial charge on any atom is 0.328 e. The predicted octanol–water partition coefficient (Wildman–Crippen LogP) is -2.40. The van der Waals surface area contributed by atoms with E-state index in [1.165, 1.54) is 0 Å². The minimum absolute atomic E-state index is 0.0382. The van der Waals surface area contributed by atoms with Crippen molar-refractivity contribution in [3.8, 4) is 0 Å². The predicted molar refractivity (Wildman–Crippen MR) is 123 cm³/mol. The summed E-state index contributed by atoms with van der Waals surface area (Å²) >= 11 is 0. The summed E-state index contributed by atoms with van der Waals surface area (Å²) in [6.45, 7) is 6.59. The van der Waals surface area contributed by atoms with Gasteiger partial charge >= 0.3 is 5.97 Å². The van der Waals surface area contributed by atoms with Gasteiger partial charge in [0.15, 0.2) is 5.96 Å². The number of carboxylic acids is 1. The number of guanidine groups is 1. The lowest BCUT2D eigenvalue weighted by atomic mass is 9.99. The number of carbonyl (C=O) groups excluding carboxylic acids is 3. The van der Waals surface area contributed by atoms with Crippen LogP contribution in [0, 0.1) is 11.8 Å². The second kappa shape index (κ2) is 15.0. The Morgan fingerprint density at radius 1 is 0.909 bits per heavy atom. The van der Waals surface area contributed by atoms with Crippen molar-refractivity contribution in [1.82, 2.24) is 16.0 Å². The summed E-state index contributed by atoms with van der Waals surface area (Å²) in [6.07, 6.45) is 1.06. The standard InChI is InChI=1S/C20H39N7O6/c1-10(2)8-13(25-16(29)12(21)6-5-7-24-20(22)23)17(30)27-15(11(3)4)18(31)26-14(9-28)19(32)33/h10-15,28H,5-9,21H2,1-4H3,(H,25,29)(H,26,31)(H,27,30)(H,32,33)(H4,22,23,24). The summed E-state index contributed by atoms with van der Waals surface area (Å²) in [5.74, 6) is -3.71. The van der Waals surface area contributed by atoms with Crippen LogP contribution in [-0.2, 0) is 19.2 Å². The first-order valence-corrected chi connectivity index (χ1v) is 10.9. The van der Waals surface area contributed by atoms with E-state index in [1.54, 1.807) is 13.8 Å². The van der Waals surface area contributed by atoms with Crippen molar-refractivity contribution in [3.63, 3.8) is 0 Å². The first-order valence-electron chi connectivity index (χ1n) is 10.9. The molecule has 190 valence electrons. The lowest BCUT2D eigenvalue weighted by Gasteiger charge is -2.27. The van der Waals surface area contributed by atoms with Gasteiger partial charge in [-0.05, 0) is 31.1 Å². The van der Waals surface area contributed by atoms with E-state index in [1.807, 2.05) is 13.8 Å². The van der Waals surface area contributed by atoms with Gasteiger partial charge in [-0.25, -0.2) is 4.79 Å². The van der Waals surface area contributed by atoms with E-state index in [-0.39, 0.29) is 11.9 Å². The third-order valence-corrected chi connectivity index (χ3v) is 4.69. The van der Waals surface area contributed by atoms with Gasteiger partial charge in [0.2, 0.25) is 17.7 Å². The molecule has 0 aromatic heterocycles. The van der Waals surface area contributed by atoms with Crippen LogP contribution in [0.1, 0.15) is 47.0 Å². The molecule has 0 radical (unpaired) electrons. The number of nitrogens with zero attached hydrogens (tertiary/aromatic N) is 1. The van der Waals surface area contributed by atoms with Crippen LogP contribution >= 0.6 is 0 Å². The Morgan fingerprint density at radius 2 is 1.48 bits per heavy atom. The van der Waals surface area contributed by atoms with Crippen molar-refractivity contribution in [3.05, 3.63) is 0 Å². The molecule has 11 N–H and O–H groups in total. The van der Waals surface area contributed by atoms with Gasteiger partial charge in [-0.3, -0.25) is 19.4 Å². The number of hydrogen-bond donors (Lipinski definition) is 8. The Kier molecular flexibility index (Phi) is 13.7. The third kappa shape index (κ3) is 12.0. The zero-order chi connectivity index (χ0) is 25.7. The van der Waals surface area contributed by atoms with Gasteiger partial charge in [0.25, 0.3) is 0 Å². The lowest BCUT2D eigenvalue weighted by molar-refractivity contribution is -0.143. The number of amides is 3. The fraction of sp³-hybridized carbons (Fsp3) is 0.750. The summed E-state index contributed by atoms with van der Waals surface area (Å²) < 4.78 is 0. The molecule has 0 saturated carbocycles. The molecule has 0 saturated heterocycles. The number of nitrogens with one attached hydrogen (secondary N) is 3. The normalized spacial score (nSPS) is 14.7. The maximum atomic E-state index is 12.9. The van der Waals surface area contributed by atoms with E-state index in [0.29, 0.717) is 25.8 Å². The number of aliphatic hydroxyl groups is 1. The summed E-state index contributed by atoms with van der Waals surface area (Å²) in [4.78, 5) is 52.9. The van der Waals surface area contributed by atoms with Crippen LogP contribution in [0.25, 0.3) is 0 Å². The molecule has 0 heterocycles. The summed E-state index contributed by atoms with van der Waals surface area (Å²) in [6, 6.07) is -4.42. The van der Waals surface area contributed by atoms with E-state index in [0.717, 1.165) is 0 Å². The lowest BCUT2D eigenvalue weighted by Crippen LogP contribution is -2.59. The van der Waals surface area contributed by atoms with Crippen LogP contribution in [0.4, 0.5) is 0 Å². The number of nitrogens with two attached hydrogens (primary N) is 3. The summed E-state index contributed by atoms with van der Waals surface area (Å²) in [5.41, 5.74) is 16.4. The van der Waals surface area contributed by atoms with E-state index >= 15 is 0 Å². The Morgan fingerprint density at radius 3 is 1.94 bits per heavy atom. The molecule has 13 nitrogen and oxygen atoms in total. The highest BCUT2D eigenvalue weighted by molar-refractivity contribution is 5.94. The molecule has 0 aliphatic heterocycles. The largest absolute Gasteiger partial charge is 0.480 e. The molecule has 33 heavy (non-hydrogen) atoms. The molecule has 4 unspecified atom stereocenters. The van der Waals surface area contributed by atoms with Gasteiger partial charge in [0.05, 0.1) is 12.6 Å². The highest BCUT2D eigenvalue weighted by atomic mass is 16.4. The highest BCUT2D eigenvalue weighted by Gasteiger charge is 2.32. The van der Waals surface area contributed by atoms with Crippen LogP contribution in [0.15, 0.2) is 4.99 Å². The molecule has 0 aromatic carbocycles. The van der Waals surface area contributed by atoms with Gasteiger partial charge in [-0.2, -0.15) is 0 Å². The minimum Gasteiger partial charge on any atom is -0.480 e. The van der Waals surface area contributed by atoms with Crippen molar-refractivity contribution >= 4 is 29.7 Å². The van der Waals surface area contributed by atoms with Gasteiger partial charge in [0, 0.05) is 6.54 Å². The van der Waals surface area contributed by atoms with Crippen molar-refractivity contribution in [1.29, 1.82) is 0 Å². The Balaban J connectivity index is 5.23. The van der Waals surface area contributed by atoms with Crippen LogP contribution in [0.3, 0.4) is 0 Å². The van der Waals surface area contributed by atoms with Gasteiger partial charge in [-0.15, -0.1) is 0 Å². The van der Waals surface area contributed by atoms with E-state index in [4.69, 9.17) is 27.4 Å². The second-order valence-corrected chi connectivity index (χ2v) is 8.56. The SMILES string of the molecule is CC(C)CC(NC(=O)C(N)CCCN=C(N)N)C(=O)NC(C(=O)NC(CO)C(=O)O)C(C)C. The number of aliphatic hydroxyl groups excluding tert-OH is 1. The zero-order valence-electron chi connectivity index (χ0n) is 19.7. The molecule has 0 aliphatic carbocycles. The molecular formula is C20H39N7O6. The van der Waals surface area contributed by atoms with Crippen molar-refractivity contribution < 1.29 is 29.4 Å². The third-order valence-electron chi connectivity index (χ3n) is 4.69. The monoisotopic (exact) mass is 473 g/mol. The van der Waals surface area contributed by atoms with E-state index < -0.39 is 60.4 Å².